The van der Waals surface area contributed by atoms with Crippen molar-refractivity contribution in [3.63, 3.8) is 0 Å². The number of pyridine rings is 2. The average molecular weight is 367 g/mol. The molecule has 6 nitrogen and oxygen atoms in total. The number of aromatic nitrogens is 2. The topological polar surface area (TPSA) is 64.6 Å². The Balaban J connectivity index is 1.55. The van der Waals surface area contributed by atoms with E-state index < -0.39 is 0 Å². The first-order valence-corrected chi connectivity index (χ1v) is 9.49. The van der Waals surface area contributed by atoms with Crippen molar-refractivity contribution in [2.24, 2.45) is 0 Å². The standard InChI is InChI=1S/C21H25N3O3/c1-15-6-5-7-17(23-15)20(25)24-13-11-21(26-2)10-9-16(14-18(21)24)27-19-8-3-4-12-22-19/h3-8,12,16,18H,9-11,13-14H2,1-2H3/t16-,18+,21-/m1/s1. The van der Waals surface area contributed by atoms with E-state index in [1.807, 2.05) is 42.2 Å². The van der Waals surface area contributed by atoms with Gasteiger partial charge >= 0.3 is 0 Å². The SMILES string of the molecule is CO[C@@]12CC[C@@H](Oc3ccccn3)C[C@@H]1N(C(=O)c1cccc(C)n1)CC2. The molecule has 2 fully saturated rings. The molecule has 0 aromatic carbocycles. The fraction of sp³-hybridized carbons (Fsp3) is 0.476. The van der Waals surface area contributed by atoms with Gasteiger partial charge in [0.15, 0.2) is 0 Å². The zero-order chi connectivity index (χ0) is 18.9. The van der Waals surface area contributed by atoms with Crippen LogP contribution in [0.15, 0.2) is 42.6 Å². The molecule has 1 saturated carbocycles. The number of aryl methyl sites for hydroxylation is 1. The Morgan fingerprint density at radius 3 is 2.85 bits per heavy atom. The van der Waals surface area contributed by atoms with E-state index in [-0.39, 0.29) is 23.7 Å². The molecule has 1 saturated heterocycles. The third-order valence-corrected chi connectivity index (χ3v) is 5.84. The van der Waals surface area contributed by atoms with Crippen LogP contribution in [0.3, 0.4) is 0 Å². The van der Waals surface area contributed by atoms with Crippen molar-refractivity contribution in [3.8, 4) is 5.88 Å². The van der Waals surface area contributed by atoms with Crippen molar-refractivity contribution in [2.75, 3.05) is 13.7 Å². The molecule has 1 amide bonds. The molecule has 2 aromatic heterocycles. The Kier molecular flexibility index (Phi) is 4.83. The number of methoxy groups -OCH3 is 1. The normalized spacial score (nSPS) is 27.3. The molecule has 3 atom stereocenters. The quantitative estimate of drug-likeness (QED) is 0.831. The van der Waals surface area contributed by atoms with E-state index in [9.17, 15) is 4.79 Å². The zero-order valence-corrected chi connectivity index (χ0v) is 15.8. The summed E-state index contributed by atoms with van der Waals surface area (Å²) < 4.78 is 12.0. The molecule has 27 heavy (non-hydrogen) atoms. The van der Waals surface area contributed by atoms with E-state index in [0.717, 1.165) is 31.4 Å². The number of hydrogen-bond acceptors (Lipinski definition) is 5. The molecule has 0 unspecified atom stereocenters. The molecular formula is C21H25N3O3. The average Bonchev–Trinajstić information content (AvgIpc) is 3.07. The number of rotatable bonds is 4. The van der Waals surface area contributed by atoms with E-state index in [2.05, 4.69) is 9.97 Å². The number of ether oxygens (including phenoxy) is 2. The Morgan fingerprint density at radius 1 is 1.22 bits per heavy atom. The lowest BCUT2D eigenvalue weighted by Gasteiger charge is -2.43. The summed E-state index contributed by atoms with van der Waals surface area (Å²) in [5, 5.41) is 0. The van der Waals surface area contributed by atoms with E-state index >= 15 is 0 Å². The van der Waals surface area contributed by atoms with Crippen molar-refractivity contribution in [1.29, 1.82) is 0 Å². The second-order valence-electron chi connectivity index (χ2n) is 7.38. The van der Waals surface area contributed by atoms with Gasteiger partial charge in [0.1, 0.15) is 11.8 Å². The molecule has 2 aromatic rings. The van der Waals surface area contributed by atoms with Crippen molar-refractivity contribution in [1.82, 2.24) is 14.9 Å². The highest BCUT2D eigenvalue weighted by molar-refractivity contribution is 5.93. The first-order chi connectivity index (χ1) is 13.1. The monoisotopic (exact) mass is 367 g/mol. The highest BCUT2D eigenvalue weighted by atomic mass is 16.5. The van der Waals surface area contributed by atoms with Crippen molar-refractivity contribution in [2.45, 2.75) is 50.4 Å². The highest BCUT2D eigenvalue weighted by Crippen LogP contribution is 2.43. The summed E-state index contributed by atoms with van der Waals surface area (Å²) in [6.07, 6.45) is 5.10. The molecule has 0 spiro atoms. The summed E-state index contributed by atoms with van der Waals surface area (Å²) in [7, 11) is 1.76. The van der Waals surface area contributed by atoms with Crippen molar-refractivity contribution < 1.29 is 14.3 Å². The molecule has 142 valence electrons. The molecule has 3 heterocycles. The van der Waals surface area contributed by atoms with Crippen LogP contribution in [0.25, 0.3) is 0 Å². The van der Waals surface area contributed by atoms with Gasteiger partial charge in [-0.25, -0.2) is 9.97 Å². The number of nitrogens with zero attached hydrogens (tertiary/aromatic N) is 3. The van der Waals surface area contributed by atoms with Crippen LogP contribution in [0.2, 0.25) is 0 Å². The van der Waals surface area contributed by atoms with Crippen LogP contribution in [0.5, 0.6) is 5.88 Å². The Labute approximate surface area is 159 Å². The molecular weight excluding hydrogens is 342 g/mol. The van der Waals surface area contributed by atoms with E-state index in [4.69, 9.17) is 9.47 Å². The summed E-state index contributed by atoms with van der Waals surface area (Å²) in [6.45, 7) is 2.58. The van der Waals surface area contributed by atoms with Crippen LogP contribution < -0.4 is 4.74 Å². The van der Waals surface area contributed by atoms with Crippen molar-refractivity contribution in [3.05, 3.63) is 54.0 Å². The van der Waals surface area contributed by atoms with E-state index in [1.54, 1.807) is 19.4 Å². The van der Waals surface area contributed by atoms with Gasteiger partial charge in [0, 0.05) is 38.0 Å². The third-order valence-electron chi connectivity index (χ3n) is 5.84. The second kappa shape index (κ2) is 7.27. The van der Waals surface area contributed by atoms with Gasteiger partial charge in [0.05, 0.1) is 11.6 Å². The van der Waals surface area contributed by atoms with Crippen molar-refractivity contribution >= 4 is 5.91 Å². The molecule has 4 rings (SSSR count). The number of carbonyl (C=O) groups is 1. The lowest BCUT2D eigenvalue weighted by Crippen LogP contribution is -2.53. The van der Waals surface area contributed by atoms with Gasteiger partial charge in [-0.1, -0.05) is 12.1 Å². The molecule has 2 aliphatic rings. The molecule has 1 aliphatic heterocycles. The fourth-order valence-electron chi connectivity index (χ4n) is 4.41. The van der Waals surface area contributed by atoms with Gasteiger partial charge in [-0.2, -0.15) is 0 Å². The maximum Gasteiger partial charge on any atom is 0.272 e. The minimum Gasteiger partial charge on any atom is -0.474 e. The summed E-state index contributed by atoms with van der Waals surface area (Å²) in [4.78, 5) is 23.7. The number of likely N-dealkylation sites (tertiary alicyclic amines) is 1. The summed E-state index contributed by atoms with van der Waals surface area (Å²) >= 11 is 0. The highest BCUT2D eigenvalue weighted by Gasteiger charge is 2.53. The number of fused-ring (bicyclic) bond motifs is 1. The van der Waals surface area contributed by atoms with Gasteiger partial charge in [0.2, 0.25) is 5.88 Å². The smallest absolute Gasteiger partial charge is 0.272 e. The number of hydrogen-bond donors (Lipinski definition) is 0. The van der Waals surface area contributed by atoms with Crippen LogP contribution in [0, 0.1) is 6.92 Å². The minimum absolute atomic E-state index is 0.0141. The fourth-order valence-corrected chi connectivity index (χ4v) is 4.41. The zero-order valence-electron chi connectivity index (χ0n) is 15.8. The largest absolute Gasteiger partial charge is 0.474 e. The lowest BCUT2D eigenvalue weighted by atomic mass is 9.79. The predicted molar refractivity (Wildman–Crippen MR) is 101 cm³/mol. The summed E-state index contributed by atoms with van der Waals surface area (Å²) in [5.41, 5.74) is 1.05. The third kappa shape index (κ3) is 3.41. The van der Waals surface area contributed by atoms with Gasteiger partial charge in [-0.05, 0) is 44.4 Å². The summed E-state index contributed by atoms with van der Waals surface area (Å²) in [5.74, 6) is 0.602. The molecule has 0 N–H and O–H groups in total. The lowest BCUT2D eigenvalue weighted by molar-refractivity contribution is -0.0789. The van der Waals surface area contributed by atoms with Gasteiger partial charge in [-0.15, -0.1) is 0 Å². The maximum atomic E-state index is 13.1. The Bertz CT molecular complexity index is 813. The first-order valence-electron chi connectivity index (χ1n) is 9.49. The van der Waals surface area contributed by atoms with Gasteiger partial charge in [0.25, 0.3) is 5.91 Å². The van der Waals surface area contributed by atoms with Gasteiger partial charge in [-0.3, -0.25) is 4.79 Å². The predicted octanol–water partition coefficient (Wildman–Crippen LogP) is 3.02. The summed E-state index contributed by atoms with van der Waals surface area (Å²) in [6, 6.07) is 11.2. The van der Waals surface area contributed by atoms with E-state index in [0.29, 0.717) is 18.1 Å². The van der Waals surface area contributed by atoms with Gasteiger partial charge < -0.3 is 14.4 Å². The van der Waals surface area contributed by atoms with E-state index in [1.165, 1.54) is 0 Å². The van der Waals surface area contributed by atoms with Crippen LogP contribution in [0.1, 0.15) is 41.9 Å². The second-order valence-corrected chi connectivity index (χ2v) is 7.38. The molecule has 0 bridgehead atoms. The van der Waals surface area contributed by atoms with Crippen LogP contribution in [-0.4, -0.2) is 52.2 Å². The number of carbonyl (C=O) groups excluding carboxylic acids is 1. The van der Waals surface area contributed by atoms with Crippen LogP contribution in [-0.2, 0) is 4.74 Å². The first kappa shape index (κ1) is 17.9. The number of amides is 1. The Morgan fingerprint density at radius 2 is 2.11 bits per heavy atom. The van der Waals surface area contributed by atoms with Crippen LogP contribution >= 0.6 is 0 Å². The Hall–Kier alpha value is -2.47. The molecule has 6 heteroatoms. The molecule has 1 aliphatic carbocycles. The van der Waals surface area contributed by atoms with Crippen LogP contribution in [0.4, 0.5) is 0 Å². The minimum atomic E-state index is -0.288. The maximum absolute atomic E-state index is 13.1. The molecule has 0 radical (unpaired) electrons.